The van der Waals surface area contributed by atoms with Crippen LogP contribution in [0.3, 0.4) is 0 Å². The molecule has 2 heterocycles. The lowest BCUT2D eigenvalue weighted by atomic mass is 10.2. The van der Waals surface area contributed by atoms with Gasteiger partial charge in [0.1, 0.15) is 17.5 Å². The third-order valence-corrected chi connectivity index (χ3v) is 3.35. The maximum atomic E-state index is 9.06. The van der Waals surface area contributed by atoms with Crippen molar-refractivity contribution in [2.45, 2.75) is 20.4 Å². The van der Waals surface area contributed by atoms with E-state index in [0.29, 0.717) is 12.1 Å². The summed E-state index contributed by atoms with van der Waals surface area (Å²) in [7, 11) is 1.83. The molecular weight excluding hydrogens is 234 g/mol. The first-order chi connectivity index (χ1) is 8.11. The van der Waals surface area contributed by atoms with Crippen LogP contribution in [0.5, 0.6) is 0 Å². The molecule has 2 aromatic heterocycles. The van der Waals surface area contributed by atoms with Crippen molar-refractivity contribution in [3.63, 3.8) is 0 Å². The van der Waals surface area contributed by atoms with Crippen LogP contribution in [0.2, 0.25) is 0 Å². The summed E-state index contributed by atoms with van der Waals surface area (Å²) in [4.78, 5) is 5.33. The Bertz CT molecular complexity index is 575. The molecule has 5 nitrogen and oxygen atoms in total. The molecule has 6 heteroatoms. The van der Waals surface area contributed by atoms with Crippen LogP contribution in [0.4, 0.5) is 5.82 Å². The van der Waals surface area contributed by atoms with E-state index >= 15 is 0 Å². The molecular formula is C11H13N5S. The Balaban J connectivity index is 2.17. The first kappa shape index (κ1) is 11.6. The summed E-state index contributed by atoms with van der Waals surface area (Å²) in [6.45, 7) is 4.48. The van der Waals surface area contributed by atoms with Crippen LogP contribution in [-0.4, -0.2) is 14.8 Å². The lowest BCUT2D eigenvalue weighted by molar-refractivity contribution is 0.758. The summed E-state index contributed by atoms with van der Waals surface area (Å²) in [6, 6.07) is 2.17. The molecule has 0 unspecified atom stereocenters. The minimum absolute atomic E-state index is 0.605. The molecule has 0 saturated carbocycles. The van der Waals surface area contributed by atoms with Crippen LogP contribution in [0, 0.1) is 25.2 Å². The number of hydrogen-bond donors (Lipinski definition) is 1. The van der Waals surface area contributed by atoms with Gasteiger partial charge in [-0.2, -0.15) is 10.4 Å². The van der Waals surface area contributed by atoms with E-state index in [4.69, 9.17) is 5.26 Å². The Labute approximate surface area is 104 Å². The van der Waals surface area contributed by atoms with Gasteiger partial charge in [0.2, 0.25) is 0 Å². The van der Waals surface area contributed by atoms with Crippen molar-refractivity contribution in [3.8, 4) is 6.07 Å². The largest absolute Gasteiger partial charge is 0.364 e. The molecule has 0 aliphatic rings. The zero-order chi connectivity index (χ0) is 12.4. The van der Waals surface area contributed by atoms with Crippen LogP contribution < -0.4 is 5.32 Å². The number of thiazole rings is 1. The number of nitriles is 1. The second-order valence-electron chi connectivity index (χ2n) is 3.74. The highest BCUT2D eigenvalue weighted by Crippen LogP contribution is 2.19. The normalized spacial score (nSPS) is 10.2. The highest BCUT2D eigenvalue weighted by Gasteiger charge is 2.12. The first-order valence-corrected chi connectivity index (χ1v) is 6.02. The van der Waals surface area contributed by atoms with Gasteiger partial charge in [-0.15, -0.1) is 11.3 Å². The Morgan fingerprint density at radius 2 is 2.29 bits per heavy atom. The number of aryl methyl sites for hydroxylation is 3. The number of aromatic nitrogens is 3. The van der Waals surface area contributed by atoms with Crippen LogP contribution in [-0.2, 0) is 13.6 Å². The monoisotopic (exact) mass is 247 g/mol. The Morgan fingerprint density at radius 1 is 1.53 bits per heavy atom. The maximum Gasteiger partial charge on any atom is 0.142 e. The van der Waals surface area contributed by atoms with Gasteiger partial charge in [0.05, 0.1) is 17.2 Å². The molecule has 17 heavy (non-hydrogen) atoms. The molecule has 0 atom stereocenters. The quantitative estimate of drug-likeness (QED) is 0.900. The van der Waals surface area contributed by atoms with Crippen LogP contribution in [0.25, 0.3) is 0 Å². The molecule has 0 fully saturated rings. The molecule has 2 rings (SSSR count). The molecule has 88 valence electrons. The van der Waals surface area contributed by atoms with E-state index < -0.39 is 0 Å². The molecule has 0 spiro atoms. The van der Waals surface area contributed by atoms with Crippen molar-refractivity contribution in [2.24, 2.45) is 7.05 Å². The third kappa shape index (κ3) is 2.29. The summed E-state index contributed by atoms with van der Waals surface area (Å²) < 4.78 is 1.70. The molecule has 2 aromatic rings. The van der Waals surface area contributed by atoms with E-state index in [9.17, 15) is 0 Å². The molecule has 0 aliphatic carbocycles. The SMILES string of the molecule is Cc1ncc(CNc2c(C#N)c(C)nn2C)s1. The number of nitrogens with one attached hydrogen (secondary N) is 1. The average molecular weight is 247 g/mol. The van der Waals surface area contributed by atoms with E-state index in [1.54, 1.807) is 16.0 Å². The summed E-state index contributed by atoms with van der Waals surface area (Å²) in [5.74, 6) is 0.760. The van der Waals surface area contributed by atoms with Crippen LogP contribution >= 0.6 is 11.3 Å². The summed E-state index contributed by atoms with van der Waals surface area (Å²) in [6.07, 6.45) is 1.85. The van der Waals surface area contributed by atoms with Gasteiger partial charge in [0.25, 0.3) is 0 Å². The fourth-order valence-corrected chi connectivity index (χ4v) is 2.39. The van der Waals surface area contributed by atoms with Crippen molar-refractivity contribution >= 4 is 17.2 Å². The van der Waals surface area contributed by atoms with Crippen LogP contribution in [0.15, 0.2) is 6.20 Å². The minimum atomic E-state index is 0.605. The standard InChI is InChI=1S/C11H13N5S/c1-7-10(4-12)11(16(3)15-7)14-6-9-5-13-8(2)17-9/h5,14H,6H2,1-3H3. The molecule has 0 aromatic carbocycles. The lowest BCUT2D eigenvalue weighted by Gasteiger charge is -2.04. The fourth-order valence-electron chi connectivity index (χ4n) is 1.65. The molecule has 0 amide bonds. The third-order valence-electron chi connectivity index (χ3n) is 2.43. The number of rotatable bonds is 3. The van der Waals surface area contributed by atoms with Crippen molar-refractivity contribution < 1.29 is 0 Å². The van der Waals surface area contributed by atoms with Crippen LogP contribution in [0.1, 0.15) is 21.1 Å². The highest BCUT2D eigenvalue weighted by molar-refractivity contribution is 7.11. The average Bonchev–Trinajstić information content (AvgIpc) is 2.80. The number of anilines is 1. The van der Waals surface area contributed by atoms with Gasteiger partial charge in [-0.3, -0.25) is 4.68 Å². The van der Waals surface area contributed by atoms with Gasteiger partial charge in [0.15, 0.2) is 0 Å². The van der Waals surface area contributed by atoms with Crippen molar-refractivity contribution in [1.82, 2.24) is 14.8 Å². The van der Waals surface area contributed by atoms with Gasteiger partial charge in [0, 0.05) is 18.1 Å². The fraction of sp³-hybridized carbons (Fsp3) is 0.364. The zero-order valence-corrected chi connectivity index (χ0v) is 10.8. The summed E-state index contributed by atoms with van der Waals surface area (Å²) in [5, 5.41) is 17.6. The van der Waals surface area contributed by atoms with Gasteiger partial charge >= 0.3 is 0 Å². The Hall–Kier alpha value is -1.87. The molecule has 1 N–H and O–H groups in total. The zero-order valence-electron chi connectivity index (χ0n) is 9.98. The smallest absolute Gasteiger partial charge is 0.142 e. The maximum absolute atomic E-state index is 9.06. The molecule has 0 radical (unpaired) electrons. The predicted molar refractivity (Wildman–Crippen MR) is 66.8 cm³/mol. The number of hydrogen-bond acceptors (Lipinski definition) is 5. The lowest BCUT2D eigenvalue weighted by Crippen LogP contribution is -2.04. The Morgan fingerprint density at radius 3 is 2.88 bits per heavy atom. The van der Waals surface area contributed by atoms with Gasteiger partial charge < -0.3 is 5.32 Å². The van der Waals surface area contributed by atoms with E-state index in [1.807, 2.05) is 27.1 Å². The van der Waals surface area contributed by atoms with E-state index in [-0.39, 0.29) is 0 Å². The van der Waals surface area contributed by atoms with Crippen molar-refractivity contribution in [1.29, 1.82) is 5.26 Å². The molecule has 0 saturated heterocycles. The van der Waals surface area contributed by atoms with Crippen molar-refractivity contribution in [2.75, 3.05) is 5.32 Å². The second-order valence-corrected chi connectivity index (χ2v) is 5.06. The highest BCUT2D eigenvalue weighted by atomic mass is 32.1. The number of nitrogens with zero attached hydrogens (tertiary/aromatic N) is 4. The van der Waals surface area contributed by atoms with Crippen molar-refractivity contribution in [3.05, 3.63) is 27.3 Å². The predicted octanol–water partition coefficient (Wildman–Crippen LogP) is 1.98. The minimum Gasteiger partial charge on any atom is -0.364 e. The summed E-state index contributed by atoms with van der Waals surface area (Å²) >= 11 is 1.65. The molecule has 0 bridgehead atoms. The topological polar surface area (TPSA) is 66.5 Å². The Kier molecular flexibility index (Phi) is 3.11. The molecule has 0 aliphatic heterocycles. The van der Waals surface area contributed by atoms with E-state index in [2.05, 4.69) is 21.5 Å². The van der Waals surface area contributed by atoms with E-state index in [1.165, 1.54) is 0 Å². The summed E-state index contributed by atoms with van der Waals surface area (Å²) in [5.41, 5.74) is 1.35. The van der Waals surface area contributed by atoms with Gasteiger partial charge in [-0.1, -0.05) is 0 Å². The van der Waals surface area contributed by atoms with Gasteiger partial charge in [-0.25, -0.2) is 4.98 Å². The van der Waals surface area contributed by atoms with E-state index in [0.717, 1.165) is 21.4 Å². The first-order valence-electron chi connectivity index (χ1n) is 5.20. The second kappa shape index (κ2) is 4.55. The van der Waals surface area contributed by atoms with Gasteiger partial charge in [-0.05, 0) is 13.8 Å².